The molecule has 0 saturated heterocycles. The molecule has 2 aliphatic rings. The van der Waals surface area contributed by atoms with Crippen molar-refractivity contribution in [3.05, 3.63) is 11.3 Å². The highest BCUT2D eigenvalue weighted by atomic mass is 32.2. The number of ether oxygens (including phenoxy) is 1. The van der Waals surface area contributed by atoms with Crippen molar-refractivity contribution < 1.29 is 14.6 Å². The molecule has 0 spiro atoms. The molecule has 0 aliphatic carbocycles. The van der Waals surface area contributed by atoms with Crippen LogP contribution in [0.2, 0.25) is 0 Å². The van der Waals surface area contributed by atoms with Crippen LogP contribution in [0.3, 0.4) is 0 Å². The molecule has 0 aromatic carbocycles. The summed E-state index contributed by atoms with van der Waals surface area (Å²) in [5, 5.41) is 15.6. The Morgan fingerprint density at radius 3 is 2.91 bits per heavy atom. The average molecular weight is 325 g/mol. The van der Waals surface area contributed by atoms with Crippen molar-refractivity contribution in [1.29, 1.82) is 0 Å². The number of thioether (sulfide) groups is 1. The van der Waals surface area contributed by atoms with Crippen molar-refractivity contribution in [2.75, 3.05) is 12.3 Å². The van der Waals surface area contributed by atoms with Crippen molar-refractivity contribution >= 4 is 17.9 Å². The smallest absolute Gasteiger partial charge is 0.410 e. The first-order chi connectivity index (χ1) is 10.3. The number of carbonyl (C=O) groups excluding carboxylic acids is 1. The van der Waals surface area contributed by atoms with Crippen molar-refractivity contribution in [3.63, 3.8) is 0 Å². The number of hydrogen-bond donors (Lipinski definition) is 1. The Hall–Kier alpha value is -1.21. The monoisotopic (exact) mass is 325 g/mol. The molecule has 7 heteroatoms. The lowest BCUT2D eigenvalue weighted by Gasteiger charge is -2.29. The molecule has 2 aliphatic heterocycles. The first-order valence-electron chi connectivity index (χ1n) is 7.71. The molecule has 22 heavy (non-hydrogen) atoms. The van der Waals surface area contributed by atoms with E-state index >= 15 is 0 Å². The first kappa shape index (κ1) is 15.7. The third-order valence-electron chi connectivity index (χ3n) is 3.79. The van der Waals surface area contributed by atoms with Gasteiger partial charge in [0.1, 0.15) is 5.60 Å². The molecule has 0 bridgehead atoms. The Bertz CT molecular complexity index is 579. The standard InChI is InChI=1S/C15H23N3O3S/c1-15(2,3)21-14(20)17-6-5-12-11(8-17)13-18(16-12)7-4-10(19)9-22-13/h10,19H,4-9H2,1-3H3. The minimum Gasteiger partial charge on any atom is -0.444 e. The van der Waals surface area contributed by atoms with Crippen LogP contribution in [0.25, 0.3) is 0 Å². The van der Waals surface area contributed by atoms with Crippen LogP contribution in [0.1, 0.15) is 38.4 Å². The molecule has 1 aromatic rings. The largest absolute Gasteiger partial charge is 0.444 e. The SMILES string of the molecule is CC(C)(C)OC(=O)N1CCc2nn3c(c2C1)SCC(O)CC3. The number of hydrogen-bond acceptors (Lipinski definition) is 5. The van der Waals surface area contributed by atoms with Crippen LogP contribution < -0.4 is 0 Å². The van der Waals surface area contributed by atoms with Crippen LogP contribution in [0.15, 0.2) is 5.03 Å². The maximum Gasteiger partial charge on any atom is 0.410 e. The molecular formula is C15H23N3O3S. The maximum atomic E-state index is 12.3. The van der Waals surface area contributed by atoms with Gasteiger partial charge < -0.3 is 14.7 Å². The number of aliphatic hydroxyl groups is 1. The van der Waals surface area contributed by atoms with Crippen LogP contribution in [-0.2, 0) is 24.2 Å². The Kier molecular flexibility index (Phi) is 4.11. The fourth-order valence-electron chi connectivity index (χ4n) is 2.73. The van der Waals surface area contributed by atoms with Gasteiger partial charge in [0.2, 0.25) is 0 Å². The third-order valence-corrected chi connectivity index (χ3v) is 5.07. The van der Waals surface area contributed by atoms with Gasteiger partial charge in [0.25, 0.3) is 0 Å². The summed E-state index contributed by atoms with van der Waals surface area (Å²) >= 11 is 1.64. The predicted octanol–water partition coefficient (Wildman–Crippen LogP) is 2.03. The Labute approximate surface area is 134 Å². The molecule has 0 radical (unpaired) electrons. The number of aromatic nitrogens is 2. The second-order valence-corrected chi connectivity index (χ2v) is 7.87. The van der Waals surface area contributed by atoms with Gasteiger partial charge in [-0.25, -0.2) is 4.79 Å². The third kappa shape index (κ3) is 3.25. The van der Waals surface area contributed by atoms with Gasteiger partial charge in [0, 0.05) is 30.8 Å². The number of amides is 1. The van der Waals surface area contributed by atoms with E-state index in [2.05, 4.69) is 5.10 Å². The summed E-state index contributed by atoms with van der Waals surface area (Å²) in [5.41, 5.74) is 1.72. The van der Waals surface area contributed by atoms with E-state index in [1.54, 1.807) is 16.7 Å². The summed E-state index contributed by atoms with van der Waals surface area (Å²) in [6.45, 7) is 7.56. The van der Waals surface area contributed by atoms with Crippen molar-refractivity contribution in [2.45, 2.75) is 63.4 Å². The molecular weight excluding hydrogens is 302 g/mol. The molecule has 0 fully saturated rings. The Morgan fingerprint density at radius 2 is 2.18 bits per heavy atom. The summed E-state index contributed by atoms with van der Waals surface area (Å²) in [6, 6.07) is 0. The van der Waals surface area contributed by atoms with Crippen LogP contribution in [0.5, 0.6) is 0 Å². The summed E-state index contributed by atoms with van der Waals surface area (Å²) in [7, 11) is 0. The first-order valence-corrected chi connectivity index (χ1v) is 8.69. The topological polar surface area (TPSA) is 67.6 Å². The van der Waals surface area contributed by atoms with E-state index in [0.717, 1.165) is 35.7 Å². The fraction of sp³-hybridized carbons (Fsp3) is 0.733. The molecule has 122 valence electrons. The molecule has 3 rings (SSSR count). The van der Waals surface area contributed by atoms with E-state index in [0.29, 0.717) is 18.8 Å². The highest BCUT2D eigenvalue weighted by molar-refractivity contribution is 7.99. The highest BCUT2D eigenvalue weighted by Gasteiger charge is 2.31. The summed E-state index contributed by atoms with van der Waals surface area (Å²) in [6.07, 6.45) is 0.943. The van der Waals surface area contributed by atoms with Crippen molar-refractivity contribution in [1.82, 2.24) is 14.7 Å². The van der Waals surface area contributed by atoms with Gasteiger partial charge in [-0.15, -0.1) is 11.8 Å². The normalized spacial score (nSPS) is 21.8. The van der Waals surface area contributed by atoms with Gasteiger partial charge >= 0.3 is 6.09 Å². The van der Waals surface area contributed by atoms with E-state index in [-0.39, 0.29) is 12.2 Å². The van der Waals surface area contributed by atoms with Gasteiger partial charge in [0.05, 0.1) is 23.4 Å². The van der Waals surface area contributed by atoms with Gasteiger partial charge in [-0.3, -0.25) is 4.68 Å². The van der Waals surface area contributed by atoms with Gasteiger partial charge in [0.15, 0.2) is 0 Å². The summed E-state index contributed by atoms with van der Waals surface area (Å²) in [4.78, 5) is 14.0. The molecule has 1 amide bonds. The molecule has 1 atom stereocenters. The molecule has 1 unspecified atom stereocenters. The molecule has 1 N–H and O–H groups in total. The number of fused-ring (bicyclic) bond motifs is 3. The number of aryl methyl sites for hydroxylation is 1. The summed E-state index contributed by atoms with van der Waals surface area (Å²) in [5.74, 6) is 0.685. The van der Waals surface area contributed by atoms with E-state index in [1.165, 1.54) is 0 Å². The molecule has 1 aromatic heterocycles. The van der Waals surface area contributed by atoms with Gasteiger partial charge in [-0.1, -0.05) is 0 Å². The second-order valence-electron chi connectivity index (χ2n) is 6.86. The Balaban J connectivity index is 1.78. The Morgan fingerprint density at radius 1 is 1.41 bits per heavy atom. The number of carbonyl (C=O) groups is 1. The lowest BCUT2D eigenvalue weighted by Crippen LogP contribution is -2.39. The molecule has 3 heterocycles. The fourth-order valence-corrected chi connectivity index (χ4v) is 3.88. The molecule has 6 nitrogen and oxygen atoms in total. The quantitative estimate of drug-likeness (QED) is 0.790. The van der Waals surface area contributed by atoms with E-state index in [9.17, 15) is 9.90 Å². The average Bonchev–Trinajstić information content (AvgIpc) is 2.67. The van der Waals surface area contributed by atoms with Crippen LogP contribution in [-0.4, -0.2) is 49.9 Å². The van der Waals surface area contributed by atoms with E-state index < -0.39 is 5.60 Å². The van der Waals surface area contributed by atoms with Gasteiger partial charge in [-0.2, -0.15) is 5.10 Å². The molecule has 0 saturated carbocycles. The highest BCUT2D eigenvalue weighted by Crippen LogP contribution is 2.33. The minimum absolute atomic E-state index is 0.267. The van der Waals surface area contributed by atoms with Crippen LogP contribution in [0, 0.1) is 0 Å². The number of nitrogens with zero attached hydrogens (tertiary/aromatic N) is 3. The van der Waals surface area contributed by atoms with Crippen molar-refractivity contribution in [3.8, 4) is 0 Å². The zero-order chi connectivity index (χ0) is 15.9. The zero-order valence-electron chi connectivity index (χ0n) is 13.3. The predicted molar refractivity (Wildman–Crippen MR) is 83.9 cm³/mol. The second kappa shape index (κ2) is 5.77. The van der Waals surface area contributed by atoms with E-state index in [1.807, 2.05) is 25.5 Å². The van der Waals surface area contributed by atoms with Crippen molar-refractivity contribution in [2.24, 2.45) is 0 Å². The number of aliphatic hydroxyl groups excluding tert-OH is 1. The minimum atomic E-state index is -0.480. The number of rotatable bonds is 0. The zero-order valence-corrected chi connectivity index (χ0v) is 14.2. The lowest BCUT2D eigenvalue weighted by atomic mass is 10.1. The van der Waals surface area contributed by atoms with E-state index in [4.69, 9.17) is 4.74 Å². The van der Waals surface area contributed by atoms with Gasteiger partial charge in [-0.05, 0) is 27.2 Å². The summed E-state index contributed by atoms with van der Waals surface area (Å²) < 4.78 is 7.46. The maximum absolute atomic E-state index is 12.3. The lowest BCUT2D eigenvalue weighted by molar-refractivity contribution is 0.0222. The van der Waals surface area contributed by atoms with Crippen LogP contribution >= 0.6 is 11.8 Å². The van der Waals surface area contributed by atoms with Crippen LogP contribution in [0.4, 0.5) is 4.79 Å².